The molecule has 3 aromatic rings. The summed E-state index contributed by atoms with van der Waals surface area (Å²) in [6, 6.07) is 6.88. The maximum atomic E-state index is 13.4. The van der Waals surface area contributed by atoms with E-state index in [1.54, 1.807) is 6.07 Å². The molecule has 1 atom stereocenters. The van der Waals surface area contributed by atoms with Crippen molar-refractivity contribution in [3.8, 4) is 0 Å². The van der Waals surface area contributed by atoms with E-state index in [9.17, 15) is 13.2 Å². The molecule has 1 aromatic carbocycles. The molecule has 154 valence electrons. The van der Waals surface area contributed by atoms with Gasteiger partial charge in [-0.2, -0.15) is 13.2 Å². The van der Waals surface area contributed by atoms with Crippen LogP contribution in [-0.2, 0) is 6.18 Å². The van der Waals surface area contributed by atoms with Gasteiger partial charge in [0, 0.05) is 17.6 Å². The summed E-state index contributed by atoms with van der Waals surface area (Å²) in [7, 11) is 0. The first-order valence-corrected chi connectivity index (χ1v) is 9.95. The Balaban J connectivity index is 1.52. The molecule has 1 aliphatic rings. The maximum Gasteiger partial charge on any atom is 0.418 e. The van der Waals surface area contributed by atoms with Crippen LogP contribution in [0.2, 0.25) is 0 Å². The molecule has 1 aliphatic carbocycles. The zero-order valence-electron chi connectivity index (χ0n) is 16.1. The highest BCUT2D eigenvalue weighted by molar-refractivity contribution is 5.85. The predicted molar refractivity (Wildman–Crippen MR) is 103 cm³/mol. The smallest absolute Gasteiger partial charge is 0.411 e. The predicted octanol–water partition coefficient (Wildman–Crippen LogP) is 5.80. The number of alkyl halides is 3. The molecule has 5 nitrogen and oxygen atoms in total. The van der Waals surface area contributed by atoms with Crippen LogP contribution in [0.4, 0.5) is 19.2 Å². The topological polar surface area (TPSA) is 63.8 Å². The van der Waals surface area contributed by atoms with E-state index in [0.29, 0.717) is 17.3 Å². The molecule has 2 aromatic heterocycles. The summed E-state index contributed by atoms with van der Waals surface area (Å²) in [5.74, 6) is 0.697. The van der Waals surface area contributed by atoms with Crippen molar-refractivity contribution in [3.05, 3.63) is 48.0 Å². The molecule has 0 aliphatic heterocycles. The summed E-state index contributed by atoms with van der Waals surface area (Å²) in [5.41, 5.74) is 0.349. The number of pyridine rings is 1. The highest BCUT2D eigenvalue weighted by atomic mass is 19.4. The lowest BCUT2D eigenvalue weighted by molar-refractivity contribution is -0.136. The van der Waals surface area contributed by atoms with Gasteiger partial charge in [-0.05, 0) is 61.6 Å². The Morgan fingerprint density at radius 2 is 1.97 bits per heavy atom. The Hall–Kier alpha value is -2.64. The van der Waals surface area contributed by atoms with Crippen LogP contribution in [0.5, 0.6) is 0 Å². The van der Waals surface area contributed by atoms with Gasteiger partial charge in [-0.15, -0.1) is 5.10 Å². The standard InChI is InChI=1S/C21H23F3N4O/c1-2-18(27-20-28-26-12-29-20)14-8-6-13(7-9-14)15-10-11-25-19-16(15)4-3-5-17(19)21(22,23)24/h3-5,10-14,18H,2,6-9H2,1H3,(H,27,28). The van der Waals surface area contributed by atoms with Gasteiger partial charge in [0.25, 0.3) is 0 Å². The van der Waals surface area contributed by atoms with Crippen LogP contribution in [0.3, 0.4) is 0 Å². The third-order valence-electron chi connectivity index (χ3n) is 6.00. The van der Waals surface area contributed by atoms with Crippen LogP contribution in [0, 0.1) is 5.92 Å². The van der Waals surface area contributed by atoms with Crippen molar-refractivity contribution in [1.82, 2.24) is 15.2 Å². The number of aromatic nitrogens is 3. The molecule has 1 fully saturated rings. The van der Waals surface area contributed by atoms with E-state index in [0.717, 1.165) is 43.7 Å². The quantitative estimate of drug-likeness (QED) is 0.582. The highest BCUT2D eigenvalue weighted by Gasteiger charge is 2.34. The second-order valence-corrected chi connectivity index (χ2v) is 7.61. The average molecular weight is 404 g/mol. The van der Waals surface area contributed by atoms with Crippen molar-refractivity contribution in [3.63, 3.8) is 0 Å². The van der Waals surface area contributed by atoms with Crippen LogP contribution in [0.1, 0.15) is 56.1 Å². The molecule has 4 rings (SSSR count). The van der Waals surface area contributed by atoms with Crippen molar-refractivity contribution < 1.29 is 17.6 Å². The first-order valence-electron chi connectivity index (χ1n) is 9.95. The lowest BCUT2D eigenvalue weighted by Gasteiger charge is -2.34. The van der Waals surface area contributed by atoms with Gasteiger partial charge in [0.1, 0.15) is 0 Å². The lowest BCUT2D eigenvalue weighted by atomic mass is 9.75. The molecule has 0 amide bonds. The van der Waals surface area contributed by atoms with Gasteiger partial charge in [0.15, 0.2) is 0 Å². The first-order chi connectivity index (χ1) is 14.0. The van der Waals surface area contributed by atoms with Crippen LogP contribution in [0.25, 0.3) is 10.9 Å². The van der Waals surface area contributed by atoms with Gasteiger partial charge in [0.2, 0.25) is 6.39 Å². The van der Waals surface area contributed by atoms with E-state index < -0.39 is 11.7 Å². The molecule has 29 heavy (non-hydrogen) atoms. The zero-order chi connectivity index (χ0) is 20.4. The molecular formula is C21H23F3N4O. The molecule has 1 N–H and O–H groups in total. The highest BCUT2D eigenvalue weighted by Crippen LogP contribution is 2.42. The van der Waals surface area contributed by atoms with Gasteiger partial charge in [-0.1, -0.05) is 24.2 Å². The fourth-order valence-electron chi connectivity index (χ4n) is 4.56. The van der Waals surface area contributed by atoms with Crippen molar-refractivity contribution in [1.29, 1.82) is 0 Å². The summed E-state index contributed by atoms with van der Waals surface area (Å²) in [4.78, 5) is 4.05. The Morgan fingerprint density at radius 3 is 2.62 bits per heavy atom. The average Bonchev–Trinajstić information content (AvgIpc) is 3.24. The van der Waals surface area contributed by atoms with Crippen molar-refractivity contribution in [2.75, 3.05) is 5.32 Å². The molecular weight excluding hydrogens is 381 g/mol. The molecule has 1 unspecified atom stereocenters. The Morgan fingerprint density at radius 1 is 1.17 bits per heavy atom. The first kappa shape index (κ1) is 19.7. The number of halogens is 3. The van der Waals surface area contributed by atoms with Crippen molar-refractivity contribution >= 4 is 16.9 Å². The van der Waals surface area contributed by atoms with Crippen LogP contribution in [0.15, 0.2) is 41.3 Å². The van der Waals surface area contributed by atoms with E-state index in [2.05, 4.69) is 27.4 Å². The fraction of sp³-hybridized carbons (Fsp3) is 0.476. The summed E-state index contributed by atoms with van der Waals surface area (Å²) in [6.45, 7) is 2.12. The fourth-order valence-corrected chi connectivity index (χ4v) is 4.56. The largest absolute Gasteiger partial charge is 0.418 e. The Labute approximate surface area is 166 Å². The third-order valence-corrected chi connectivity index (χ3v) is 6.00. The van der Waals surface area contributed by atoms with Gasteiger partial charge in [0.05, 0.1) is 11.1 Å². The van der Waals surface area contributed by atoms with Crippen LogP contribution < -0.4 is 5.32 Å². The maximum absolute atomic E-state index is 13.4. The second kappa shape index (κ2) is 8.00. The minimum atomic E-state index is -4.41. The molecule has 8 heteroatoms. The molecule has 2 heterocycles. The summed E-state index contributed by atoms with van der Waals surface area (Å²) in [6.07, 6.45) is 3.19. The van der Waals surface area contributed by atoms with Gasteiger partial charge < -0.3 is 9.73 Å². The van der Waals surface area contributed by atoms with E-state index in [4.69, 9.17) is 4.42 Å². The van der Waals surface area contributed by atoms with E-state index in [-0.39, 0.29) is 17.5 Å². The number of anilines is 1. The zero-order valence-corrected chi connectivity index (χ0v) is 16.1. The van der Waals surface area contributed by atoms with Gasteiger partial charge >= 0.3 is 12.2 Å². The molecule has 0 bridgehead atoms. The van der Waals surface area contributed by atoms with Gasteiger partial charge in [-0.25, -0.2) is 0 Å². The molecule has 0 saturated heterocycles. The van der Waals surface area contributed by atoms with E-state index in [1.165, 1.54) is 18.7 Å². The van der Waals surface area contributed by atoms with Crippen molar-refractivity contribution in [2.45, 2.75) is 57.2 Å². The summed E-state index contributed by atoms with van der Waals surface area (Å²) < 4.78 is 45.3. The Kier molecular flexibility index (Phi) is 5.43. The number of hydrogen-bond acceptors (Lipinski definition) is 5. The SMILES string of the molecule is CCC(Nc1nnco1)C1CCC(c2ccnc3c(C(F)(F)F)cccc23)CC1. The minimum absolute atomic E-state index is 0.0455. The minimum Gasteiger partial charge on any atom is -0.411 e. The number of rotatable bonds is 5. The second-order valence-electron chi connectivity index (χ2n) is 7.61. The Bertz CT molecular complexity index is 950. The lowest BCUT2D eigenvalue weighted by Crippen LogP contribution is -2.31. The monoisotopic (exact) mass is 404 g/mol. The molecule has 0 radical (unpaired) electrons. The van der Waals surface area contributed by atoms with E-state index >= 15 is 0 Å². The third kappa shape index (κ3) is 4.06. The van der Waals surface area contributed by atoms with Gasteiger partial charge in [-0.3, -0.25) is 4.98 Å². The van der Waals surface area contributed by atoms with Crippen LogP contribution in [-0.4, -0.2) is 21.2 Å². The normalized spacial score (nSPS) is 21.2. The molecule has 1 saturated carbocycles. The number of benzene rings is 1. The van der Waals surface area contributed by atoms with Crippen molar-refractivity contribution in [2.24, 2.45) is 5.92 Å². The molecule has 0 spiro atoms. The van der Waals surface area contributed by atoms with E-state index in [1.807, 2.05) is 6.07 Å². The number of hydrogen-bond donors (Lipinski definition) is 1. The van der Waals surface area contributed by atoms with Crippen LogP contribution >= 0.6 is 0 Å². The number of nitrogens with one attached hydrogen (secondary N) is 1. The number of fused-ring (bicyclic) bond motifs is 1. The number of nitrogens with zero attached hydrogens (tertiary/aromatic N) is 3. The number of para-hydroxylation sites is 1. The summed E-state index contributed by atoms with van der Waals surface area (Å²) in [5, 5.41) is 11.5. The summed E-state index contributed by atoms with van der Waals surface area (Å²) >= 11 is 0.